The molecule has 0 spiro atoms. The fourth-order valence-corrected chi connectivity index (χ4v) is 3.01. The molecule has 6 heteroatoms. The second-order valence-electron chi connectivity index (χ2n) is 4.06. The number of aromatic carboxylic acids is 1. The lowest BCUT2D eigenvalue weighted by atomic mass is 10.2. The molecule has 2 heterocycles. The first-order valence-corrected chi connectivity index (χ1v) is 7.27. The number of nitrogens with zero attached hydrogens (tertiary/aromatic N) is 2. The van der Waals surface area contributed by atoms with Gasteiger partial charge >= 0.3 is 5.97 Å². The summed E-state index contributed by atoms with van der Waals surface area (Å²) in [7, 11) is 0. The number of rotatable bonds is 4. The van der Waals surface area contributed by atoms with Gasteiger partial charge in [-0.15, -0.1) is 11.3 Å². The van der Waals surface area contributed by atoms with E-state index in [1.165, 1.54) is 11.3 Å². The van der Waals surface area contributed by atoms with Gasteiger partial charge in [-0.2, -0.15) is 5.10 Å². The molecule has 1 atom stereocenters. The summed E-state index contributed by atoms with van der Waals surface area (Å²) in [6.07, 6.45) is 2.52. The van der Waals surface area contributed by atoms with Crippen LogP contribution in [0.4, 0.5) is 0 Å². The third-order valence-corrected chi connectivity index (χ3v) is 4.50. The van der Waals surface area contributed by atoms with Crippen LogP contribution < -0.4 is 0 Å². The quantitative estimate of drug-likeness (QED) is 0.921. The van der Waals surface area contributed by atoms with E-state index in [-0.39, 0.29) is 11.6 Å². The van der Waals surface area contributed by atoms with Gasteiger partial charge < -0.3 is 5.11 Å². The van der Waals surface area contributed by atoms with E-state index >= 15 is 0 Å². The molecule has 18 heavy (non-hydrogen) atoms. The maximum atomic E-state index is 11.3. The normalized spacial score (nSPS) is 12.6. The number of hydrogen-bond acceptors (Lipinski definition) is 3. The molecular weight excluding hydrogens is 316 g/mol. The van der Waals surface area contributed by atoms with E-state index in [1.54, 1.807) is 10.9 Å². The van der Waals surface area contributed by atoms with Crippen LogP contribution in [0.2, 0.25) is 0 Å². The van der Waals surface area contributed by atoms with Crippen molar-refractivity contribution >= 4 is 33.2 Å². The molecular formula is C12H13BrN2O2S. The lowest BCUT2D eigenvalue weighted by Gasteiger charge is -2.07. The first-order valence-electron chi connectivity index (χ1n) is 5.59. The summed E-state index contributed by atoms with van der Waals surface area (Å²) in [5.74, 6) is -0.941. The average molecular weight is 329 g/mol. The van der Waals surface area contributed by atoms with Crippen LogP contribution in [0.5, 0.6) is 0 Å². The standard InChI is InChI=1S/C12H13BrN2O2S/c1-3-7(2)15-5-9(12(16)17)11(14-15)10-4-8(13)6-18-10/h4-7H,3H2,1-2H3,(H,16,17). The monoisotopic (exact) mass is 328 g/mol. The molecule has 0 fully saturated rings. The van der Waals surface area contributed by atoms with E-state index in [1.807, 2.05) is 25.3 Å². The van der Waals surface area contributed by atoms with Crippen LogP contribution in [-0.2, 0) is 0 Å². The van der Waals surface area contributed by atoms with Gasteiger partial charge in [-0.3, -0.25) is 4.68 Å². The van der Waals surface area contributed by atoms with Crippen LogP contribution in [0.25, 0.3) is 10.6 Å². The van der Waals surface area contributed by atoms with Gasteiger partial charge in [0.25, 0.3) is 0 Å². The summed E-state index contributed by atoms with van der Waals surface area (Å²) < 4.78 is 2.67. The Hall–Kier alpha value is -1.14. The van der Waals surface area contributed by atoms with Gasteiger partial charge in [0.15, 0.2) is 0 Å². The molecule has 0 amide bonds. The molecule has 0 aromatic carbocycles. The highest BCUT2D eigenvalue weighted by Crippen LogP contribution is 2.31. The van der Waals surface area contributed by atoms with Crippen LogP contribution in [0.3, 0.4) is 0 Å². The summed E-state index contributed by atoms with van der Waals surface area (Å²) in [6, 6.07) is 2.08. The highest BCUT2D eigenvalue weighted by molar-refractivity contribution is 9.10. The number of carboxylic acid groups (broad SMARTS) is 1. The SMILES string of the molecule is CCC(C)n1cc(C(=O)O)c(-c2cc(Br)cs2)n1. The van der Waals surface area contributed by atoms with Crippen molar-refractivity contribution in [2.45, 2.75) is 26.3 Å². The van der Waals surface area contributed by atoms with Crippen molar-refractivity contribution < 1.29 is 9.90 Å². The Kier molecular flexibility index (Phi) is 3.87. The maximum absolute atomic E-state index is 11.3. The van der Waals surface area contributed by atoms with Crippen molar-refractivity contribution in [1.82, 2.24) is 9.78 Å². The van der Waals surface area contributed by atoms with Crippen LogP contribution in [-0.4, -0.2) is 20.9 Å². The van der Waals surface area contributed by atoms with E-state index in [0.29, 0.717) is 5.69 Å². The van der Waals surface area contributed by atoms with Gasteiger partial charge in [0.2, 0.25) is 0 Å². The van der Waals surface area contributed by atoms with Crippen LogP contribution in [0.15, 0.2) is 22.1 Å². The van der Waals surface area contributed by atoms with Crippen molar-refractivity contribution in [2.75, 3.05) is 0 Å². The Balaban J connectivity index is 2.51. The van der Waals surface area contributed by atoms with Crippen molar-refractivity contribution in [2.24, 2.45) is 0 Å². The van der Waals surface area contributed by atoms with Crippen molar-refractivity contribution in [3.05, 3.63) is 27.7 Å². The summed E-state index contributed by atoms with van der Waals surface area (Å²) in [4.78, 5) is 12.1. The number of hydrogen-bond donors (Lipinski definition) is 1. The second kappa shape index (κ2) is 5.24. The molecule has 2 aromatic rings. The summed E-state index contributed by atoms with van der Waals surface area (Å²) in [5, 5.41) is 15.6. The van der Waals surface area contributed by atoms with E-state index in [4.69, 9.17) is 0 Å². The zero-order valence-corrected chi connectivity index (χ0v) is 12.5. The van der Waals surface area contributed by atoms with Crippen LogP contribution in [0, 0.1) is 0 Å². The molecule has 0 saturated carbocycles. The number of thiophene rings is 1. The lowest BCUT2D eigenvalue weighted by Crippen LogP contribution is -2.04. The first kappa shape index (κ1) is 13.3. The number of aromatic nitrogens is 2. The third-order valence-electron chi connectivity index (χ3n) is 2.81. The average Bonchev–Trinajstić information content (AvgIpc) is 2.93. The zero-order chi connectivity index (χ0) is 13.3. The minimum atomic E-state index is -0.941. The molecule has 0 radical (unpaired) electrons. The van der Waals surface area contributed by atoms with Gasteiger partial charge in [0.1, 0.15) is 11.3 Å². The molecule has 0 aliphatic heterocycles. The third kappa shape index (κ3) is 2.49. The van der Waals surface area contributed by atoms with E-state index in [0.717, 1.165) is 15.8 Å². The first-order chi connectivity index (χ1) is 8.52. The zero-order valence-electron chi connectivity index (χ0n) is 10.1. The molecule has 0 bridgehead atoms. The van der Waals surface area contributed by atoms with Gasteiger partial charge in [-0.05, 0) is 35.3 Å². The Morgan fingerprint density at radius 2 is 2.39 bits per heavy atom. The number of carboxylic acids is 1. The molecule has 1 N–H and O–H groups in total. The van der Waals surface area contributed by atoms with Crippen molar-refractivity contribution in [3.8, 4) is 10.6 Å². The molecule has 1 unspecified atom stereocenters. The fourth-order valence-electron chi connectivity index (χ4n) is 1.58. The van der Waals surface area contributed by atoms with Crippen LogP contribution >= 0.6 is 27.3 Å². The largest absolute Gasteiger partial charge is 0.478 e. The van der Waals surface area contributed by atoms with Crippen LogP contribution in [0.1, 0.15) is 36.7 Å². The predicted octanol–water partition coefficient (Wildman–Crippen LogP) is 4.04. The smallest absolute Gasteiger partial charge is 0.339 e. The minimum absolute atomic E-state index is 0.195. The predicted molar refractivity (Wildman–Crippen MR) is 75.2 cm³/mol. The minimum Gasteiger partial charge on any atom is -0.478 e. The van der Waals surface area contributed by atoms with E-state index < -0.39 is 5.97 Å². The number of halogens is 1. The van der Waals surface area contributed by atoms with Crippen molar-refractivity contribution in [3.63, 3.8) is 0 Å². The molecule has 0 aliphatic rings. The van der Waals surface area contributed by atoms with Gasteiger partial charge in [-0.25, -0.2) is 4.79 Å². The summed E-state index contributed by atoms with van der Waals surface area (Å²) in [5.41, 5.74) is 0.795. The Morgan fingerprint density at radius 1 is 1.67 bits per heavy atom. The number of carbonyl (C=O) groups is 1. The van der Waals surface area contributed by atoms with Crippen molar-refractivity contribution in [1.29, 1.82) is 0 Å². The molecule has 2 rings (SSSR count). The highest BCUT2D eigenvalue weighted by Gasteiger charge is 2.19. The summed E-state index contributed by atoms with van der Waals surface area (Å²) in [6.45, 7) is 4.07. The van der Waals surface area contributed by atoms with Gasteiger partial charge in [0, 0.05) is 22.1 Å². The summed E-state index contributed by atoms with van der Waals surface area (Å²) >= 11 is 4.85. The lowest BCUT2D eigenvalue weighted by molar-refractivity contribution is 0.0697. The Bertz CT molecular complexity index is 576. The molecule has 4 nitrogen and oxygen atoms in total. The molecule has 0 saturated heterocycles. The topological polar surface area (TPSA) is 55.1 Å². The Labute approximate surface area is 117 Å². The van der Waals surface area contributed by atoms with E-state index in [9.17, 15) is 9.90 Å². The highest BCUT2D eigenvalue weighted by atomic mass is 79.9. The Morgan fingerprint density at radius 3 is 2.89 bits per heavy atom. The maximum Gasteiger partial charge on any atom is 0.339 e. The molecule has 96 valence electrons. The molecule has 0 aliphatic carbocycles. The van der Waals surface area contributed by atoms with E-state index in [2.05, 4.69) is 21.0 Å². The van der Waals surface area contributed by atoms with Gasteiger partial charge in [0.05, 0.1) is 4.88 Å². The molecule has 2 aromatic heterocycles. The fraction of sp³-hybridized carbons (Fsp3) is 0.333. The van der Waals surface area contributed by atoms with Gasteiger partial charge in [-0.1, -0.05) is 6.92 Å². The second-order valence-corrected chi connectivity index (χ2v) is 5.89.